The molecule has 0 heterocycles. The van der Waals surface area contributed by atoms with Crippen molar-refractivity contribution in [3.63, 3.8) is 0 Å². The molecule has 24 heavy (non-hydrogen) atoms. The van der Waals surface area contributed by atoms with Crippen LogP contribution in [0.1, 0.15) is 36.1 Å². The summed E-state index contributed by atoms with van der Waals surface area (Å²) in [4.78, 5) is 12.0. The Bertz CT molecular complexity index is 702. The predicted molar refractivity (Wildman–Crippen MR) is 99.1 cm³/mol. The van der Waals surface area contributed by atoms with Gasteiger partial charge < -0.3 is 10.1 Å². The molecular weight excluding hydrogens is 298 g/mol. The maximum absolute atomic E-state index is 12.0. The third kappa shape index (κ3) is 4.98. The third-order valence-corrected chi connectivity index (χ3v) is 4.06. The fourth-order valence-corrected chi connectivity index (χ4v) is 2.54. The average molecular weight is 323 g/mol. The van der Waals surface area contributed by atoms with Gasteiger partial charge in [0, 0.05) is 12.6 Å². The van der Waals surface area contributed by atoms with Crippen molar-refractivity contribution in [2.75, 3.05) is 7.11 Å². The molecule has 0 aliphatic heterocycles. The molecule has 2 aromatic carbocycles. The second-order valence-corrected chi connectivity index (χ2v) is 5.63. The number of hydrogen-bond acceptors (Lipinski definition) is 2. The number of ether oxygens (including phenoxy) is 1. The van der Waals surface area contributed by atoms with Gasteiger partial charge in [-0.15, -0.1) is 0 Å². The predicted octanol–water partition coefficient (Wildman–Crippen LogP) is 4.15. The van der Waals surface area contributed by atoms with E-state index in [0.29, 0.717) is 6.54 Å². The first-order valence-corrected chi connectivity index (χ1v) is 8.37. The smallest absolute Gasteiger partial charge is 0.244 e. The number of carbonyl (C=O) groups is 1. The van der Waals surface area contributed by atoms with Crippen molar-refractivity contribution in [1.82, 2.24) is 5.32 Å². The van der Waals surface area contributed by atoms with Crippen LogP contribution in [0.3, 0.4) is 0 Å². The van der Waals surface area contributed by atoms with Crippen LogP contribution in [-0.2, 0) is 24.2 Å². The zero-order valence-corrected chi connectivity index (χ0v) is 14.6. The van der Waals surface area contributed by atoms with E-state index >= 15 is 0 Å². The Hall–Kier alpha value is -2.55. The van der Waals surface area contributed by atoms with Gasteiger partial charge in [-0.3, -0.25) is 4.79 Å². The van der Waals surface area contributed by atoms with Crippen LogP contribution in [-0.4, -0.2) is 13.0 Å². The Morgan fingerprint density at radius 1 is 1.04 bits per heavy atom. The molecule has 0 aliphatic rings. The maximum Gasteiger partial charge on any atom is 0.244 e. The van der Waals surface area contributed by atoms with Crippen molar-refractivity contribution in [2.45, 2.75) is 33.2 Å². The molecule has 3 heteroatoms. The standard InChI is InChI=1S/C21H25NO2/c1-4-16-6-10-18(5-2)19(14-16)15-22-21(23)13-9-17-7-11-20(24-3)12-8-17/h6-14H,4-5,15H2,1-3H3,(H,22,23)/b13-9+. The molecule has 0 spiro atoms. The zero-order chi connectivity index (χ0) is 17.4. The highest BCUT2D eigenvalue weighted by Crippen LogP contribution is 2.14. The first-order valence-electron chi connectivity index (χ1n) is 8.37. The summed E-state index contributed by atoms with van der Waals surface area (Å²) in [6, 6.07) is 14.1. The SMILES string of the molecule is CCc1ccc(CC)c(CNC(=O)/C=C/c2ccc(OC)cc2)c1. The van der Waals surface area contributed by atoms with Crippen molar-refractivity contribution in [2.24, 2.45) is 0 Å². The molecule has 0 saturated carbocycles. The second kappa shape index (κ2) is 8.92. The second-order valence-electron chi connectivity index (χ2n) is 5.63. The van der Waals surface area contributed by atoms with E-state index in [1.54, 1.807) is 19.3 Å². The van der Waals surface area contributed by atoms with Crippen molar-refractivity contribution in [3.8, 4) is 5.75 Å². The lowest BCUT2D eigenvalue weighted by Crippen LogP contribution is -2.21. The molecule has 2 rings (SSSR count). The molecular formula is C21H25NO2. The number of amides is 1. The number of rotatable bonds is 7. The normalized spacial score (nSPS) is 10.8. The Morgan fingerprint density at radius 3 is 2.42 bits per heavy atom. The number of benzene rings is 2. The minimum absolute atomic E-state index is 0.0882. The molecule has 0 atom stereocenters. The molecule has 0 unspecified atom stereocenters. The van der Waals surface area contributed by atoms with Gasteiger partial charge in [0.1, 0.15) is 5.75 Å². The van der Waals surface area contributed by atoms with Gasteiger partial charge in [-0.05, 0) is 53.3 Å². The van der Waals surface area contributed by atoms with Crippen LogP contribution in [0.15, 0.2) is 48.5 Å². The molecule has 0 fully saturated rings. The largest absolute Gasteiger partial charge is 0.497 e. The lowest BCUT2D eigenvalue weighted by Gasteiger charge is -2.10. The fourth-order valence-electron chi connectivity index (χ4n) is 2.54. The van der Waals surface area contributed by atoms with Crippen LogP contribution in [0, 0.1) is 0 Å². The topological polar surface area (TPSA) is 38.3 Å². The van der Waals surface area contributed by atoms with Crippen LogP contribution in [0.5, 0.6) is 5.75 Å². The molecule has 0 aliphatic carbocycles. The molecule has 3 nitrogen and oxygen atoms in total. The van der Waals surface area contributed by atoms with Crippen LogP contribution in [0.4, 0.5) is 0 Å². The van der Waals surface area contributed by atoms with Crippen molar-refractivity contribution in [1.29, 1.82) is 0 Å². The Labute approximate surface area is 144 Å². The summed E-state index contributed by atoms with van der Waals surface area (Å²) in [6.07, 6.45) is 5.34. The summed E-state index contributed by atoms with van der Waals surface area (Å²) < 4.78 is 5.12. The molecule has 0 radical (unpaired) electrons. The van der Waals surface area contributed by atoms with E-state index in [-0.39, 0.29) is 5.91 Å². The molecule has 126 valence electrons. The quantitative estimate of drug-likeness (QED) is 0.777. The van der Waals surface area contributed by atoms with Gasteiger partial charge in [0.15, 0.2) is 0 Å². The highest BCUT2D eigenvalue weighted by Gasteiger charge is 2.04. The van der Waals surface area contributed by atoms with Gasteiger partial charge in [0.25, 0.3) is 0 Å². The summed E-state index contributed by atoms with van der Waals surface area (Å²) in [6.45, 7) is 4.83. The first kappa shape index (κ1) is 17.8. The summed E-state index contributed by atoms with van der Waals surface area (Å²) in [5.74, 6) is 0.717. The van der Waals surface area contributed by atoms with Gasteiger partial charge in [-0.1, -0.05) is 44.2 Å². The van der Waals surface area contributed by atoms with E-state index in [0.717, 1.165) is 24.2 Å². The van der Waals surface area contributed by atoms with Gasteiger partial charge >= 0.3 is 0 Å². The van der Waals surface area contributed by atoms with E-state index in [1.165, 1.54) is 16.7 Å². The summed E-state index contributed by atoms with van der Waals surface area (Å²) in [5, 5.41) is 2.97. The number of methoxy groups -OCH3 is 1. The van der Waals surface area contributed by atoms with E-state index in [9.17, 15) is 4.79 Å². The maximum atomic E-state index is 12.0. The molecule has 0 aromatic heterocycles. The van der Waals surface area contributed by atoms with Crippen molar-refractivity contribution in [3.05, 3.63) is 70.8 Å². The highest BCUT2D eigenvalue weighted by molar-refractivity contribution is 5.91. The molecule has 0 bridgehead atoms. The zero-order valence-electron chi connectivity index (χ0n) is 14.6. The lowest BCUT2D eigenvalue weighted by atomic mass is 10.0. The molecule has 1 amide bonds. The Morgan fingerprint density at radius 2 is 1.79 bits per heavy atom. The number of nitrogens with one attached hydrogen (secondary N) is 1. The lowest BCUT2D eigenvalue weighted by molar-refractivity contribution is -0.116. The molecule has 2 aromatic rings. The van der Waals surface area contributed by atoms with E-state index < -0.39 is 0 Å². The van der Waals surface area contributed by atoms with Crippen molar-refractivity contribution >= 4 is 12.0 Å². The molecule has 0 saturated heterocycles. The summed E-state index contributed by atoms with van der Waals surface area (Å²) >= 11 is 0. The minimum atomic E-state index is -0.0882. The highest BCUT2D eigenvalue weighted by atomic mass is 16.5. The van der Waals surface area contributed by atoms with Crippen LogP contribution < -0.4 is 10.1 Å². The van der Waals surface area contributed by atoms with Crippen LogP contribution >= 0.6 is 0 Å². The number of hydrogen-bond donors (Lipinski definition) is 1. The van der Waals surface area contributed by atoms with E-state index in [4.69, 9.17) is 4.74 Å². The van der Waals surface area contributed by atoms with Gasteiger partial charge in [-0.2, -0.15) is 0 Å². The van der Waals surface area contributed by atoms with Gasteiger partial charge in [-0.25, -0.2) is 0 Å². The van der Waals surface area contributed by atoms with E-state index in [1.807, 2.05) is 24.3 Å². The van der Waals surface area contributed by atoms with Gasteiger partial charge in [0.2, 0.25) is 5.91 Å². The van der Waals surface area contributed by atoms with Gasteiger partial charge in [0.05, 0.1) is 7.11 Å². The monoisotopic (exact) mass is 323 g/mol. The molecule has 1 N–H and O–H groups in total. The third-order valence-electron chi connectivity index (χ3n) is 4.06. The summed E-state index contributed by atoms with van der Waals surface area (Å²) in [7, 11) is 1.64. The number of carbonyl (C=O) groups excluding carboxylic acids is 1. The van der Waals surface area contributed by atoms with Crippen molar-refractivity contribution < 1.29 is 9.53 Å². The van der Waals surface area contributed by atoms with E-state index in [2.05, 4.69) is 37.4 Å². The Kier molecular flexibility index (Phi) is 6.62. The first-order chi connectivity index (χ1) is 11.7. The van der Waals surface area contributed by atoms with Crippen LogP contribution in [0.25, 0.3) is 6.08 Å². The minimum Gasteiger partial charge on any atom is -0.497 e. The number of aryl methyl sites for hydroxylation is 2. The fraction of sp³-hybridized carbons (Fsp3) is 0.286. The summed E-state index contributed by atoms with van der Waals surface area (Å²) in [5.41, 5.74) is 4.74. The van der Waals surface area contributed by atoms with Crippen LogP contribution in [0.2, 0.25) is 0 Å². The average Bonchev–Trinajstić information content (AvgIpc) is 2.64. The Balaban J connectivity index is 1.96.